The van der Waals surface area contributed by atoms with Crippen LogP contribution in [-0.2, 0) is 11.3 Å². The monoisotopic (exact) mass is 294 g/mol. The summed E-state index contributed by atoms with van der Waals surface area (Å²) >= 11 is 0. The predicted molar refractivity (Wildman–Crippen MR) is 82.9 cm³/mol. The van der Waals surface area contributed by atoms with Gasteiger partial charge in [0.1, 0.15) is 6.61 Å². The van der Waals surface area contributed by atoms with Crippen molar-refractivity contribution >= 4 is 6.09 Å². The Morgan fingerprint density at radius 2 is 1.86 bits per heavy atom. The van der Waals surface area contributed by atoms with Gasteiger partial charge in [-0.25, -0.2) is 4.79 Å². The van der Waals surface area contributed by atoms with E-state index in [1.807, 2.05) is 30.3 Å². The van der Waals surface area contributed by atoms with Crippen LogP contribution in [0.25, 0.3) is 0 Å². The molecular weight excluding hydrogens is 268 g/mol. The third-order valence-electron chi connectivity index (χ3n) is 3.04. The Bertz CT molecular complexity index is 409. The molecule has 1 rings (SSSR count). The molecule has 2 unspecified atom stereocenters. The molecule has 5 nitrogen and oxygen atoms in total. The third-order valence-corrected chi connectivity index (χ3v) is 3.04. The Morgan fingerprint density at radius 1 is 1.19 bits per heavy atom. The summed E-state index contributed by atoms with van der Waals surface area (Å²) in [7, 11) is 0. The molecular formula is C16H26N2O3. The highest BCUT2D eigenvalue weighted by atomic mass is 16.5. The van der Waals surface area contributed by atoms with E-state index in [1.165, 1.54) is 0 Å². The highest BCUT2D eigenvalue weighted by molar-refractivity contribution is 5.67. The highest BCUT2D eigenvalue weighted by Crippen LogP contribution is 2.01. The number of ether oxygens (including phenoxy) is 1. The van der Waals surface area contributed by atoms with E-state index in [0.717, 1.165) is 12.1 Å². The van der Waals surface area contributed by atoms with Crippen LogP contribution >= 0.6 is 0 Å². The van der Waals surface area contributed by atoms with Crippen molar-refractivity contribution in [2.75, 3.05) is 13.1 Å². The van der Waals surface area contributed by atoms with Crippen LogP contribution in [0.15, 0.2) is 30.3 Å². The molecule has 5 heteroatoms. The summed E-state index contributed by atoms with van der Waals surface area (Å²) < 4.78 is 5.11. The molecule has 3 N–H and O–H groups in total. The summed E-state index contributed by atoms with van der Waals surface area (Å²) in [6.07, 6.45) is -1.16. The molecule has 1 aromatic rings. The van der Waals surface area contributed by atoms with Crippen LogP contribution in [0.5, 0.6) is 0 Å². The molecule has 0 bridgehead atoms. The number of aliphatic hydroxyl groups excluding tert-OH is 1. The van der Waals surface area contributed by atoms with Crippen molar-refractivity contribution in [1.29, 1.82) is 0 Å². The highest BCUT2D eigenvalue weighted by Gasteiger charge is 2.17. The smallest absolute Gasteiger partial charge is 0.407 e. The summed E-state index contributed by atoms with van der Waals surface area (Å²) in [5.41, 5.74) is 0.930. The van der Waals surface area contributed by atoms with Gasteiger partial charge in [-0.1, -0.05) is 44.2 Å². The summed E-state index contributed by atoms with van der Waals surface area (Å²) in [6.45, 7) is 7.46. The van der Waals surface area contributed by atoms with Gasteiger partial charge in [0.2, 0.25) is 0 Å². The van der Waals surface area contributed by atoms with Crippen molar-refractivity contribution in [2.45, 2.75) is 39.5 Å². The minimum atomic E-state index is -0.645. The number of carbonyl (C=O) groups is 1. The lowest BCUT2D eigenvalue weighted by atomic mass is 10.1. The topological polar surface area (TPSA) is 70.6 Å². The first kappa shape index (κ1) is 17.5. The van der Waals surface area contributed by atoms with Gasteiger partial charge in [0, 0.05) is 6.54 Å². The Kier molecular flexibility index (Phi) is 7.79. The molecule has 0 aliphatic carbocycles. The van der Waals surface area contributed by atoms with Gasteiger partial charge in [-0.3, -0.25) is 0 Å². The summed E-state index contributed by atoms with van der Waals surface area (Å²) in [5, 5.41) is 15.7. The van der Waals surface area contributed by atoms with Crippen molar-refractivity contribution < 1.29 is 14.6 Å². The van der Waals surface area contributed by atoms with E-state index >= 15 is 0 Å². The quantitative estimate of drug-likeness (QED) is 0.685. The van der Waals surface area contributed by atoms with Crippen LogP contribution in [0.2, 0.25) is 0 Å². The van der Waals surface area contributed by atoms with E-state index in [-0.39, 0.29) is 12.6 Å². The van der Waals surface area contributed by atoms with Crippen LogP contribution in [0.3, 0.4) is 0 Å². The number of rotatable bonds is 8. The second-order valence-corrected chi connectivity index (χ2v) is 5.61. The number of hydrogen-bond acceptors (Lipinski definition) is 4. The number of benzene rings is 1. The predicted octanol–water partition coefficient (Wildman–Crippen LogP) is 1.91. The molecule has 0 spiro atoms. The molecule has 118 valence electrons. The van der Waals surface area contributed by atoms with Crippen molar-refractivity contribution in [3.05, 3.63) is 35.9 Å². The van der Waals surface area contributed by atoms with Crippen molar-refractivity contribution in [3.63, 3.8) is 0 Å². The van der Waals surface area contributed by atoms with Crippen LogP contribution in [0.1, 0.15) is 26.3 Å². The second kappa shape index (κ2) is 9.37. The van der Waals surface area contributed by atoms with Gasteiger partial charge >= 0.3 is 6.09 Å². The minimum Gasteiger partial charge on any atom is -0.445 e. The molecule has 0 saturated heterocycles. The van der Waals surface area contributed by atoms with Crippen LogP contribution in [0.4, 0.5) is 4.79 Å². The fourth-order valence-electron chi connectivity index (χ4n) is 1.74. The average molecular weight is 294 g/mol. The maximum atomic E-state index is 11.6. The van der Waals surface area contributed by atoms with Gasteiger partial charge < -0.3 is 20.5 Å². The Hall–Kier alpha value is -1.59. The number of nitrogens with one attached hydrogen (secondary N) is 2. The zero-order chi connectivity index (χ0) is 15.7. The number of aliphatic hydroxyl groups is 1. The van der Waals surface area contributed by atoms with Crippen LogP contribution < -0.4 is 10.6 Å². The molecule has 0 aliphatic rings. The molecule has 0 heterocycles. The van der Waals surface area contributed by atoms with Crippen LogP contribution in [0, 0.1) is 5.92 Å². The summed E-state index contributed by atoms with van der Waals surface area (Å²) in [6, 6.07) is 9.11. The van der Waals surface area contributed by atoms with Crippen molar-refractivity contribution in [2.24, 2.45) is 5.92 Å². The van der Waals surface area contributed by atoms with E-state index in [0.29, 0.717) is 12.5 Å². The molecule has 1 amide bonds. The molecule has 0 saturated carbocycles. The number of hydrogen-bond donors (Lipinski definition) is 3. The van der Waals surface area contributed by atoms with Gasteiger partial charge in [-0.05, 0) is 24.9 Å². The SMILES string of the molecule is CC(C)CNCC(O)C(C)NC(=O)OCc1ccccc1. The lowest BCUT2D eigenvalue weighted by Crippen LogP contribution is -2.46. The second-order valence-electron chi connectivity index (χ2n) is 5.61. The Morgan fingerprint density at radius 3 is 2.48 bits per heavy atom. The number of alkyl carbamates (subject to hydrolysis) is 1. The molecule has 0 aromatic heterocycles. The van der Waals surface area contributed by atoms with Gasteiger partial charge in [0.15, 0.2) is 0 Å². The van der Waals surface area contributed by atoms with E-state index in [1.54, 1.807) is 6.92 Å². The Balaban J connectivity index is 2.23. The molecule has 2 atom stereocenters. The Labute approximate surface area is 126 Å². The maximum absolute atomic E-state index is 11.6. The van der Waals surface area contributed by atoms with E-state index < -0.39 is 12.2 Å². The summed E-state index contributed by atoms with van der Waals surface area (Å²) in [5.74, 6) is 0.524. The molecule has 21 heavy (non-hydrogen) atoms. The van der Waals surface area contributed by atoms with E-state index in [2.05, 4.69) is 24.5 Å². The van der Waals surface area contributed by atoms with Crippen molar-refractivity contribution in [1.82, 2.24) is 10.6 Å². The fraction of sp³-hybridized carbons (Fsp3) is 0.562. The largest absolute Gasteiger partial charge is 0.445 e. The first-order chi connectivity index (χ1) is 9.99. The summed E-state index contributed by atoms with van der Waals surface area (Å²) in [4.78, 5) is 11.6. The molecule has 0 fully saturated rings. The third kappa shape index (κ3) is 7.68. The molecule has 0 aliphatic heterocycles. The van der Waals surface area contributed by atoms with Gasteiger partial charge in [0.05, 0.1) is 12.1 Å². The van der Waals surface area contributed by atoms with E-state index in [9.17, 15) is 9.90 Å². The first-order valence-electron chi connectivity index (χ1n) is 7.35. The number of amides is 1. The van der Waals surface area contributed by atoms with Gasteiger partial charge in [-0.15, -0.1) is 0 Å². The molecule has 0 radical (unpaired) electrons. The lowest BCUT2D eigenvalue weighted by molar-refractivity contribution is 0.105. The fourth-order valence-corrected chi connectivity index (χ4v) is 1.74. The van der Waals surface area contributed by atoms with Gasteiger partial charge in [0.25, 0.3) is 0 Å². The van der Waals surface area contributed by atoms with Crippen LogP contribution in [-0.4, -0.2) is 36.4 Å². The van der Waals surface area contributed by atoms with Crippen molar-refractivity contribution in [3.8, 4) is 0 Å². The van der Waals surface area contributed by atoms with Gasteiger partial charge in [-0.2, -0.15) is 0 Å². The normalized spacial score (nSPS) is 13.8. The van der Waals surface area contributed by atoms with E-state index in [4.69, 9.17) is 4.74 Å². The zero-order valence-corrected chi connectivity index (χ0v) is 13.0. The lowest BCUT2D eigenvalue weighted by Gasteiger charge is -2.21. The minimum absolute atomic E-state index is 0.223. The first-order valence-corrected chi connectivity index (χ1v) is 7.35. The zero-order valence-electron chi connectivity index (χ0n) is 13.0. The standard InChI is InChI=1S/C16H26N2O3/c1-12(2)9-17-10-15(19)13(3)18-16(20)21-11-14-7-5-4-6-8-14/h4-8,12-13,15,17,19H,9-11H2,1-3H3,(H,18,20). The molecule has 1 aromatic carbocycles. The maximum Gasteiger partial charge on any atom is 0.407 e. The average Bonchev–Trinajstić information content (AvgIpc) is 2.45. The number of carbonyl (C=O) groups excluding carboxylic acids is 1.